The van der Waals surface area contributed by atoms with E-state index in [9.17, 15) is 4.57 Å². The van der Waals surface area contributed by atoms with E-state index in [-0.39, 0.29) is 0 Å². The molecule has 0 amide bonds. The summed E-state index contributed by atoms with van der Waals surface area (Å²) in [5, 5.41) is 3.42. The van der Waals surface area contributed by atoms with Gasteiger partial charge in [0.25, 0.3) is 0 Å². The summed E-state index contributed by atoms with van der Waals surface area (Å²) in [5.41, 5.74) is 0. The molecule has 1 fully saturated rings. The molecule has 3 nitrogen and oxygen atoms in total. The number of unbranched alkanes of at least 4 members (excludes halogenated alkanes) is 2. The van der Waals surface area contributed by atoms with Gasteiger partial charge in [0, 0.05) is 12.3 Å². The minimum Gasteiger partial charge on any atom is -0.307 e. The smallest absolute Gasteiger partial charge is 0.148 e. The molecule has 0 aliphatic carbocycles. The second-order valence-corrected chi connectivity index (χ2v) is 8.53. The summed E-state index contributed by atoms with van der Waals surface area (Å²) < 4.78 is 12.8. The molecule has 1 aliphatic heterocycles. The number of hydrogen-bond acceptors (Lipinski definition) is 2. The van der Waals surface area contributed by atoms with Crippen molar-refractivity contribution in [1.82, 2.24) is 9.99 Å². The fourth-order valence-corrected chi connectivity index (χ4v) is 5.10. The Kier molecular flexibility index (Phi) is 8.21. The lowest BCUT2D eigenvalue weighted by atomic mass is 10.1. The first-order valence-electron chi connectivity index (χ1n) is 7.76. The number of hydrogen-bond donors (Lipinski definition) is 1. The van der Waals surface area contributed by atoms with Crippen molar-refractivity contribution in [3.63, 3.8) is 0 Å². The van der Waals surface area contributed by atoms with E-state index in [0.717, 1.165) is 44.7 Å². The first-order chi connectivity index (χ1) is 8.70. The SMILES string of the molecule is CCCCP(=O)(CCCC)NCN1CCCCC1. The summed E-state index contributed by atoms with van der Waals surface area (Å²) >= 11 is 0. The fraction of sp³-hybridized carbons (Fsp3) is 1.00. The Morgan fingerprint density at radius 1 is 1.00 bits per heavy atom. The highest BCUT2D eigenvalue weighted by Crippen LogP contribution is 2.42. The van der Waals surface area contributed by atoms with E-state index >= 15 is 0 Å². The van der Waals surface area contributed by atoms with Gasteiger partial charge < -0.3 is 4.57 Å². The van der Waals surface area contributed by atoms with Crippen molar-refractivity contribution in [2.24, 2.45) is 0 Å². The molecule has 108 valence electrons. The maximum atomic E-state index is 12.8. The van der Waals surface area contributed by atoms with Gasteiger partial charge >= 0.3 is 0 Å². The first kappa shape index (κ1) is 16.2. The Balaban J connectivity index is 2.36. The Bertz CT molecular complexity index is 240. The minimum atomic E-state index is -2.11. The van der Waals surface area contributed by atoms with Gasteiger partial charge in [0.15, 0.2) is 0 Å². The molecule has 1 rings (SSSR count). The Hall–Kier alpha value is 0.150. The molecule has 0 unspecified atom stereocenters. The summed E-state index contributed by atoms with van der Waals surface area (Å²) in [6, 6.07) is 0. The molecule has 0 atom stereocenters. The maximum absolute atomic E-state index is 12.8. The van der Waals surface area contributed by atoms with E-state index < -0.39 is 7.29 Å². The van der Waals surface area contributed by atoms with Gasteiger partial charge in [0.2, 0.25) is 0 Å². The van der Waals surface area contributed by atoms with E-state index in [1.54, 1.807) is 0 Å². The zero-order valence-corrected chi connectivity index (χ0v) is 13.2. The molecule has 0 saturated carbocycles. The van der Waals surface area contributed by atoms with Gasteiger partial charge in [-0.05, 0) is 38.8 Å². The Morgan fingerprint density at radius 3 is 2.06 bits per heavy atom. The van der Waals surface area contributed by atoms with Gasteiger partial charge in [-0.2, -0.15) is 0 Å². The molecule has 0 aromatic rings. The van der Waals surface area contributed by atoms with Crippen LogP contribution in [0.5, 0.6) is 0 Å². The summed E-state index contributed by atoms with van der Waals surface area (Å²) in [4.78, 5) is 2.42. The zero-order chi connectivity index (χ0) is 13.3. The van der Waals surface area contributed by atoms with E-state index in [2.05, 4.69) is 23.8 Å². The molecule has 0 spiro atoms. The quantitative estimate of drug-likeness (QED) is 0.647. The zero-order valence-electron chi connectivity index (χ0n) is 12.3. The molecule has 0 aromatic heterocycles. The van der Waals surface area contributed by atoms with Gasteiger partial charge in [0.1, 0.15) is 7.29 Å². The van der Waals surface area contributed by atoms with Crippen molar-refractivity contribution in [3.8, 4) is 0 Å². The predicted molar refractivity (Wildman–Crippen MR) is 80.6 cm³/mol. The second-order valence-electron chi connectivity index (χ2n) is 5.54. The molecule has 1 aliphatic rings. The van der Waals surface area contributed by atoms with Crippen molar-refractivity contribution >= 4 is 7.29 Å². The lowest BCUT2D eigenvalue weighted by Crippen LogP contribution is -2.37. The topological polar surface area (TPSA) is 32.3 Å². The second kappa shape index (κ2) is 9.12. The average Bonchev–Trinajstić information content (AvgIpc) is 2.42. The Labute approximate surface area is 113 Å². The van der Waals surface area contributed by atoms with Crippen LogP contribution in [0.15, 0.2) is 0 Å². The number of nitrogens with zero attached hydrogens (tertiary/aromatic N) is 1. The van der Waals surface area contributed by atoms with Crippen LogP contribution in [0.3, 0.4) is 0 Å². The lowest BCUT2D eigenvalue weighted by molar-refractivity contribution is 0.225. The van der Waals surface area contributed by atoms with E-state index in [1.165, 1.54) is 32.4 Å². The molecule has 1 heterocycles. The fourth-order valence-electron chi connectivity index (χ4n) is 2.44. The molecule has 4 heteroatoms. The highest BCUT2D eigenvalue weighted by Gasteiger charge is 2.21. The van der Waals surface area contributed by atoms with Crippen molar-refractivity contribution in [2.75, 3.05) is 32.1 Å². The number of likely N-dealkylation sites (tertiary alicyclic amines) is 1. The van der Waals surface area contributed by atoms with Crippen LogP contribution in [0, 0.1) is 0 Å². The highest BCUT2D eigenvalue weighted by atomic mass is 31.2. The van der Waals surface area contributed by atoms with Gasteiger partial charge in [0.05, 0.1) is 6.67 Å². The molecular weight excluding hydrogens is 243 g/mol. The first-order valence-corrected chi connectivity index (χ1v) is 9.83. The summed E-state index contributed by atoms with van der Waals surface area (Å²) in [7, 11) is -2.11. The third kappa shape index (κ3) is 6.36. The van der Waals surface area contributed by atoms with Crippen molar-refractivity contribution in [3.05, 3.63) is 0 Å². The molecule has 0 aromatic carbocycles. The molecule has 0 radical (unpaired) electrons. The van der Waals surface area contributed by atoms with Crippen molar-refractivity contribution in [2.45, 2.75) is 58.8 Å². The molecule has 18 heavy (non-hydrogen) atoms. The number of rotatable bonds is 9. The predicted octanol–water partition coefficient (Wildman–Crippen LogP) is 3.90. The summed E-state index contributed by atoms with van der Waals surface area (Å²) in [6.45, 7) is 7.54. The van der Waals surface area contributed by atoms with Gasteiger partial charge in [-0.3, -0.25) is 9.99 Å². The minimum absolute atomic E-state index is 0.838. The molecular formula is C14H31N2OP. The van der Waals surface area contributed by atoms with E-state index in [0.29, 0.717) is 0 Å². The van der Waals surface area contributed by atoms with Crippen molar-refractivity contribution < 1.29 is 4.57 Å². The average molecular weight is 274 g/mol. The molecule has 0 bridgehead atoms. The monoisotopic (exact) mass is 274 g/mol. The summed E-state index contributed by atoms with van der Waals surface area (Å²) in [6.07, 6.45) is 10.2. The van der Waals surface area contributed by atoms with Gasteiger partial charge in [-0.1, -0.05) is 33.1 Å². The number of nitrogens with one attached hydrogen (secondary N) is 1. The van der Waals surface area contributed by atoms with Crippen LogP contribution in [0.1, 0.15) is 58.8 Å². The third-order valence-corrected chi connectivity index (χ3v) is 6.57. The maximum Gasteiger partial charge on any atom is 0.148 e. The van der Waals surface area contributed by atoms with Crippen LogP contribution in [-0.2, 0) is 4.57 Å². The van der Waals surface area contributed by atoms with Crippen molar-refractivity contribution in [1.29, 1.82) is 0 Å². The van der Waals surface area contributed by atoms with Gasteiger partial charge in [-0.15, -0.1) is 0 Å². The molecule has 1 N–H and O–H groups in total. The van der Waals surface area contributed by atoms with Crippen LogP contribution in [0.2, 0.25) is 0 Å². The van der Waals surface area contributed by atoms with Crippen LogP contribution >= 0.6 is 7.29 Å². The summed E-state index contributed by atoms with van der Waals surface area (Å²) in [5.74, 6) is 0. The normalized spacial score (nSPS) is 18.1. The molecule has 1 saturated heterocycles. The van der Waals surface area contributed by atoms with E-state index in [1.807, 2.05) is 0 Å². The van der Waals surface area contributed by atoms with Crippen LogP contribution in [-0.4, -0.2) is 37.0 Å². The van der Waals surface area contributed by atoms with Crippen LogP contribution < -0.4 is 5.09 Å². The number of piperidine rings is 1. The third-order valence-electron chi connectivity index (χ3n) is 3.78. The van der Waals surface area contributed by atoms with E-state index in [4.69, 9.17) is 0 Å². The standard InChI is InChI=1S/C14H31N2OP/c1-3-5-12-18(17,13-6-4-2)15-14-16-10-8-7-9-11-16/h3-14H2,1-2H3,(H,15,17). The van der Waals surface area contributed by atoms with Crippen LogP contribution in [0.25, 0.3) is 0 Å². The van der Waals surface area contributed by atoms with Crippen LogP contribution in [0.4, 0.5) is 0 Å². The highest BCUT2D eigenvalue weighted by molar-refractivity contribution is 7.61. The largest absolute Gasteiger partial charge is 0.307 e. The van der Waals surface area contributed by atoms with Gasteiger partial charge in [-0.25, -0.2) is 0 Å². The Morgan fingerprint density at radius 2 is 1.56 bits per heavy atom. The lowest BCUT2D eigenvalue weighted by Gasteiger charge is -2.29.